The van der Waals surface area contributed by atoms with E-state index in [0.29, 0.717) is 19.0 Å². The van der Waals surface area contributed by atoms with Gasteiger partial charge in [-0.25, -0.2) is 14.1 Å². The van der Waals surface area contributed by atoms with Crippen LogP contribution in [-0.4, -0.2) is 60.6 Å². The molecule has 1 aliphatic carbocycles. The van der Waals surface area contributed by atoms with E-state index < -0.39 is 0 Å². The first-order valence-corrected chi connectivity index (χ1v) is 13.2. The third-order valence-corrected chi connectivity index (χ3v) is 7.87. The van der Waals surface area contributed by atoms with Crippen LogP contribution in [0.3, 0.4) is 0 Å². The fourth-order valence-corrected chi connectivity index (χ4v) is 5.69. The molecule has 1 saturated heterocycles. The van der Waals surface area contributed by atoms with Gasteiger partial charge in [0.1, 0.15) is 24.8 Å². The number of aromatic nitrogens is 6. The Bertz CT molecular complexity index is 1280. The highest BCUT2D eigenvalue weighted by Gasteiger charge is 2.34. The van der Waals surface area contributed by atoms with Gasteiger partial charge in [-0.3, -0.25) is 4.90 Å². The average Bonchev–Trinajstić information content (AvgIpc) is 3.48. The van der Waals surface area contributed by atoms with E-state index in [2.05, 4.69) is 59.3 Å². The molecule has 0 radical (unpaired) electrons. The van der Waals surface area contributed by atoms with Crippen LogP contribution in [0.15, 0.2) is 67.5 Å². The van der Waals surface area contributed by atoms with E-state index in [1.807, 2.05) is 10.7 Å². The van der Waals surface area contributed by atoms with Crippen molar-refractivity contribution in [3.63, 3.8) is 0 Å². The highest BCUT2D eigenvalue weighted by Crippen LogP contribution is 2.37. The monoisotopic (exact) mass is 500 g/mol. The molecule has 0 bridgehead atoms. The molecule has 8 nitrogen and oxygen atoms in total. The molecule has 1 saturated carbocycles. The van der Waals surface area contributed by atoms with Gasteiger partial charge in [-0.05, 0) is 47.2 Å². The molecule has 4 aromatic rings. The van der Waals surface area contributed by atoms with Gasteiger partial charge in [0, 0.05) is 19.6 Å². The van der Waals surface area contributed by atoms with Gasteiger partial charge >= 0.3 is 0 Å². The SMILES string of the molecule is Fc1cccc(Cn2cnnc2C(c2ccc(Cn3cncn3)cc2)N2CCNCC(C3CCC3)C2)c1. The molecule has 1 aliphatic heterocycles. The van der Waals surface area contributed by atoms with Crippen molar-refractivity contribution in [2.24, 2.45) is 11.8 Å². The van der Waals surface area contributed by atoms with Gasteiger partial charge in [-0.1, -0.05) is 55.7 Å². The zero-order chi connectivity index (χ0) is 25.0. The summed E-state index contributed by atoms with van der Waals surface area (Å²) in [4.78, 5) is 6.62. The van der Waals surface area contributed by atoms with Crippen LogP contribution < -0.4 is 5.32 Å². The number of halogens is 1. The Kier molecular flexibility index (Phi) is 7.05. The predicted molar refractivity (Wildman–Crippen MR) is 138 cm³/mol. The normalized spacial score (nSPS) is 19.9. The summed E-state index contributed by atoms with van der Waals surface area (Å²) in [5, 5.41) is 16.9. The van der Waals surface area contributed by atoms with Crippen molar-refractivity contribution in [1.82, 2.24) is 39.7 Å². The van der Waals surface area contributed by atoms with E-state index in [1.165, 1.54) is 36.5 Å². The third kappa shape index (κ3) is 5.47. The summed E-state index contributed by atoms with van der Waals surface area (Å²) in [6.07, 6.45) is 9.07. The van der Waals surface area contributed by atoms with Crippen molar-refractivity contribution < 1.29 is 4.39 Å². The zero-order valence-electron chi connectivity index (χ0n) is 21.0. The van der Waals surface area contributed by atoms with Crippen LogP contribution in [0.1, 0.15) is 47.8 Å². The van der Waals surface area contributed by atoms with Crippen LogP contribution in [0.5, 0.6) is 0 Å². The molecule has 2 atom stereocenters. The molecule has 192 valence electrons. The van der Waals surface area contributed by atoms with E-state index in [0.717, 1.165) is 43.5 Å². The van der Waals surface area contributed by atoms with Gasteiger partial charge in [0.2, 0.25) is 0 Å². The maximum absolute atomic E-state index is 13.9. The van der Waals surface area contributed by atoms with Crippen molar-refractivity contribution in [3.8, 4) is 0 Å². The molecular formula is C28H33FN8. The Morgan fingerprint density at radius 2 is 1.89 bits per heavy atom. The molecule has 37 heavy (non-hydrogen) atoms. The topological polar surface area (TPSA) is 76.7 Å². The van der Waals surface area contributed by atoms with E-state index in [-0.39, 0.29) is 11.9 Å². The minimum atomic E-state index is -0.228. The summed E-state index contributed by atoms with van der Waals surface area (Å²) in [5.41, 5.74) is 3.25. The lowest BCUT2D eigenvalue weighted by molar-refractivity contribution is 0.135. The molecule has 0 spiro atoms. The van der Waals surface area contributed by atoms with Gasteiger partial charge in [0.05, 0.1) is 19.1 Å². The first-order chi connectivity index (χ1) is 18.2. The number of nitrogens with one attached hydrogen (secondary N) is 1. The van der Waals surface area contributed by atoms with Gasteiger partial charge in [0.25, 0.3) is 0 Å². The van der Waals surface area contributed by atoms with E-state index in [1.54, 1.807) is 31.1 Å². The fourth-order valence-electron chi connectivity index (χ4n) is 5.69. The smallest absolute Gasteiger partial charge is 0.155 e. The second-order valence-corrected chi connectivity index (χ2v) is 10.3. The highest BCUT2D eigenvalue weighted by molar-refractivity contribution is 5.30. The first kappa shape index (κ1) is 23.9. The molecule has 3 heterocycles. The molecule has 9 heteroatoms. The van der Waals surface area contributed by atoms with Crippen LogP contribution in [0.2, 0.25) is 0 Å². The van der Waals surface area contributed by atoms with Gasteiger partial charge in [-0.15, -0.1) is 10.2 Å². The van der Waals surface area contributed by atoms with E-state index >= 15 is 0 Å². The number of hydrogen-bond donors (Lipinski definition) is 1. The van der Waals surface area contributed by atoms with Crippen molar-refractivity contribution in [3.05, 3.63) is 95.8 Å². The molecule has 6 rings (SSSR count). The molecule has 2 aromatic carbocycles. The van der Waals surface area contributed by atoms with Crippen LogP contribution in [0, 0.1) is 17.7 Å². The fraction of sp³-hybridized carbons (Fsp3) is 0.429. The second-order valence-electron chi connectivity index (χ2n) is 10.3. The van der Waals surface area contributed by atoms with Crippen molar-refractivity contribution in [2.75, 3.05) is 26.2 Å². The van der Waals surface area contributed by atoms with Crippen LogP contribution in [0.25, 0.3) is 0 Å². The summed E-state index contributed by atoms with van der Waals surface area (Å²) >= 11 is 0. The summed E-state index contributed by atoms with van der Waals surface area (Å²) in [6.45, 7) is 5.18. The molecule has 0 amide bonds. The van der Waals surface area contributed by atoms with E-state index in [9.17, 15) is 4.39 Å². The summed E-state index contributed by atoms with van der Waals surface area (Å²) < 4.78 is 17.8. The average molecular weight is 501 g/mol. The molecule has 2 unspecified atom stereocenters. The Morgan fingerprint density at radius 3 is 2.65 bits per heavy atom. The molecular weight excluding hydrogens is 467 g/mol. The minimum Gasteiger partial charge on any atom is -0.315 e. The van der Waals surface area contributed by atoms with Crippen molar-refractivity contribution in [2.45, 2.75) is 38.4 Å². The maximum Gasteiger partial charge on any atom is 0.155 e. The molecule has 2 fully saturated rings. The Labute approximate surface area is 216 Å². The van der Waals surface area contributed by atoms with Crippen LogP contribution in [-0.2, 0) is 13.1 Å². The van der Waals surface area contributed by atoms with Gasteiger partial charge in [-0.2, -0.15) is 5.10 Å². The second kappa shape index (κ2) is 10.9. The number of hydrogen-bond acceptors (Lipinski definition) is 6. The van der Waals surface area contributed by atoms with Gasteiger partial charge in [0.15, 0.2) is 5.82 Å². The van der Waals surface area contributed by atoms with E-state index in [4.69, 9.17) is 0 Å². The van der Waals surface area contributed by atoms with Crippen LogP contribution >= 0.6 is 0 Å². The molecule has 2 aliphatic rings. The lowest BCUT2D eigenvalue weighted by Crippen LogP contribution is -2.39. The lowest BCUT2D eigenvalue weighted by atomic mass is 9.75. The quantitative estimate of drug-likeness (QED) is 0.399. The summed E-state index contributed by atoms with van der Waals surface area (Å²) in [7, 11) is 0. The minimum absolute atomic E-state index is 0.0426. The van der Waals surface area contributed by atoms with Crippen molar-refractivity contribution in [1.29, 1.82) is 0 Å². The standard InChI is InChI=1S/C28H33FN8/c29-26-6-1-3-22(13-26)15-36-20-32-34-28(36)27(35-12-11-30-14-25(17-35)23-4-2-5-23)24-9-7-21(8-10-24)16-37-19-31-18-33-37/h1,3,6-10,13,18-20,23,25,27,30H,2,4-5,11-12,14-17H2. The zero-order valence-corrected chi connectivity index (χ0v) is 21.0. The summed E-state index contributed by atoms with van der Waals surface area (Å²) in [6, 6.07) is 15.5. The molecule has 2 aromatic heterocycles. The first-order valence-electron chi connectivity index (χ1n) is 13.2. The lowest BCUT2D eigenvalue weighted by Gasteiger charge is -2.38. The maximum atomic E-state index is 13.9. The largest absolute Gasteiger partial charge is 0.315 e. The number of rotatable bonds is 8. The Balaban J connectivity index is 1.33. The molecule has 1 N–H and O–H groups in total. The van der Waals surface area contributed by atoms with Gasteiger partial charge < -0.3 is 9.88 Å². The third-order valence-electron chi connectivity index (χ3n) is 7.87. The number of nitrogens with zero attached hydrogens (tertiary/aromatic N) is 7. The van der Waals surface area contributed by atoms with Crippen LogP contribution in [0.4, 0.5) is 4.39 Å². The number of benzene rings is 2. The highest BCUT2D eigenvalue weighted by atomic mass is 19.1. The summed E-state index contributed by atoms with van der Waals surface area (Å²) in [5.74, 6) is 2.09. The van der Waals surface area contributed by atoms with Crippen molar-refractivity contribution >= 4 is 0 Å². The Hall–Kier alpha value is -3.43. The predicted octanol–water partition coefficient (Wildman–Crippen LogP) is 3.52. The Morgan fingerprint density at radius 1 is 1.00 bits per heavy atom.